The van der Waals surface area contributed by atoms with E-state index >= 15 is 0 Å². The second-order valence-electron chi connectivity index (χ2n) is 6.12. The van der Waals surface area contributed by atoms with Gasteiger partial charge in [-0.2, -0.15) is 5.10 Å². The number of aromatic nitrogens is 2. The number of amides is 1. The first kappa shape index (κ1) is 20.0. The molecule has 0 aliphatic carbocycles. The van der Waals surface area contributed by atoms with Crippen molar-refractivity contribution >= 4 is 11.9 Å². The Labute approximate surface area is 145 Å². The van der Waals surface area contributed by atoms with Gasteiger partial charge >= 0.3 is 0 Å². The third kappa shape index (κ3) is 6.22. The molecule has 0 aliphatic rings. The highest BCUT2D eigenvalue weighted by Crippen LogP contribution is 2.13. The van der Waals surface area contributed by atoms with Gasteiger partial charge in [-0.1, -0.05) is 6.92 Å². The number of carbonyl (C=O) groups excluding carboxylic acids is 1. The highest BCUT2D eigenvalue weighted by atomic mass is 16.1. The van der Waals surface area contributed by atoms with Gasteiger partial charge in [0.2, 0.25) is 5.91 Å². The van der Waals surface area contributed by atoms with Crippen molar-refractivity contribution in [3.05, 3.63) is 17.0 Å². The Balaban J connectivity index is 2.43. The highest BCUT2D eigenvalue weighted by Gasteiger charge is 2.14. The first-order valence-electron chi connectivity index (χ1n) is 8.61. The molecule has 1 aromatic heterocycles. The minimum absolute atomic E-state index is 0.0643. The molecular weight excluding hydrogens is 304 g/mol. The number of carbonyl (C=O) groups is 1. The van der Waals surface area contributed by atoms with Gasteiger partial charge in [0.05, 0.1) is 5.69 Å². The van der Waals surface area contributed by atoms with Crippen LogP contribution in [0.25, 0.3) is 0 Å². The van der Waals surface area contributed by atoms with Crippen molar-refractivity contribution in [1.82, 2.24) is 25.7 Å². The van der Waals surface area contributed by atoms with Gasteiger partial charge in [0, 0.05) is 45.3 Å². The summed E-state index contributed by atoms with van der Waals surface area (Å²) in [6.45, 7) is 9.57. The van der Waals surface area contributed by atoms with Crippen LogP contribution in [0, 0.1) is 13.8 Å². The smallest absolute Gasteiger partial charge is 0.221 e. The van der Waals surface area contributed by atoms with Crippen molar-refractivity contribution in [2.45, 2.75) is 53.0 Å². The molecule has 0 radical (unpaired) electrons. The monoisotopic (exact) mass is 336 g/mol. The lowest BCUT2D eigenvalue weighted by molar-refractivity contribution is -0.120. The SMILES string of the molecule is CCCNC(=O)CCNC(=NC)NC(C)Cc1c(C)nn(C)c1C. The highest BCUT2D eigenvalue weighted by molar-refractivity contribution is 5.81. The fraction of sp³-hybridized carbons (Fsp3) is 0.706. The summed E-state index contributed by atoms with van der Waals surface area (Å²) in [6, 6.07) is 0.215. The minimum Gasteiger partial charge on any atom is -0.356 e. The molecule has 0 aliphatic heterocycles. The van der Waals surface area contributed by atoms with Crippen LogP contribution in [-0.4, -0.2) is 47.8 Å². The average molecular weight is 336 g/mol. The van der Waals surface area contributed by atoms with Crippen LogP contribution in [0.3, 0.4) is 0 Å². The Hall–Kier alpha value is -2.05. The van der Waals surface area contributed by atoms with Crippen LogP contribution < -0.4 is 16.0 Å². The van der Waals surface area contributed by atoms with E-state index in [0.717, 1.165) is 25.1 Å². The van der Waals surface area contributed by atoms with E-state index in [1.54, 1.807) is 7.05 Å². The zero-order chi connectivity index (χ0) is 18.1. The van der Waals surface area contributed by atoms with Crippen LogP contribution >= 0.6 is 0 Å². The molecular formula is C17H32N6O. The Morgan fingerprint density at radius 3 is 2.54 bits per heavy atom. The maximum atomic E-state index is 11.6. The molecule has 7 nitrogen and oxygen atoms in total. The molecule has 0 fully saturated rings. The normalized spacial score (nSPS) is 12.8. The lowest BCUT2D eigenvalue weighted by Gasteiger charge is -2.18. The number of hydrogen-bond acceptors (Lipinski definition) is 3. The van der Waals surface area contributed by atoms with Crippen molar-refractivity contribution in [3.63, 3.8) is 0 Å². The Morgan fingerprint density at radius 1 is 1.29 bits per heavy atom. The molecule has 136 valence electrons. The maximum Gasteiger partial charge on any atom is 0.221 e. The van der Waals surface area contributed by atoms with E-state index in [1.807, 2.05) is 25.6 Å². The van der Waals surface area contributed by atoms with Crippen LogP contribution in [0.1, 0.15) is 43.6 Å². The van der Waals surface area contributed by atoms with Crippen molar-refractivity contribution < 1.29 is 4.79 Å². The summed E-state index contributed by atoms with van der Waals surface area (Å²) in [6.07, 6.45) is 2.27. The Kier molecular flexibility index (Phi) is 8.29. The van der Waals surface area contributed by atoms with Gasteiger partial charge in [-0.3, -0.25) is 14.5 Å². The third-order valence-electron chi connectivity index (χ3n) is 3.99. The molecule has 0 aromatic carbocycles. The largest absolute Gasteiger partial charge is 0.356 e. The second kappa shape index (κ2) is 9.95. The summed E-state index contributed by atoms with van der Waals surface area (Å²) < 4.78 is 1.92. The molecule has 0 spiro atoms. The van der Waals surface area contributed by atoms with Crippen LogP contribution in [0.5, 0.6) is 0 Å². The van der Waals surface area contributed by atoms with E-state index < -0.39 is 0 Å². The van der Waals surface area contributed by atoms with E-state index in [-0.39, 0.29) is 11.9 Å². The predicted octanol–water partition coefficient (Wildman–Crippen LogP) is 1.05. The Morgan fingerprint density at radius 2 is 2.00 bits per heavy atom. The Bertz CT molecular complexity index is 564. The molecule has 1 aromatic rings. The average Bonchev–Trinajstić information content (AvgIpc) is 2.78. The summed E-state index contributed by atoms with van der Waals surface area (Å²) in [7, 11) is 3.70. The molecule has 0 saturated heterocycles. The van der Waals surface area contributed by atoms with Gasteiger partial charge in [0.1, 0.15) is 0 Å². The van der Waals surface area contributed by atoms with Gasteiger partial charge in [-0.15, -0.1) is 0 Å². The molecule has 1 rings (SSSR count). The first-order valence-corrected chi connectivity index (χ1v) is 8.61. The van der Waals surface area contributed by atoms with Crippen molar-refractivity contribution in [3.8, 4) is 0 Å². The van der Waals surface area contributed by atoms with Crippen molar-refractivity contribution in [2.75, 3.05) is 20.1 Å². The zero-order valence-electron chi connectivity index (χ0n) is 15.9. The molecule has 1 unspecified atom stereocenters. The first-order chi connectivity index (χ1) is 11.4. The van der Waals surface area contributed by atoms with Gasteiger partial charge in [0.25, 0.3) is 0 Å². The van der Waals surface area contributed by atoms with Crippen LogP contribution in [0.4, 0.5) is 0 Å². The summed E-state index contributed by atoms with van der Waals surface area (Å²) in [5, 5.41) is 13.9. The van der Waals surface area contributed by atoms with E-state index in [0.29, 0.717) is 18.9 Å². The fourth-order valence-electron chi connectivity index (χ4n) is 2.55. The van der Waals surface area contributed by atoms with Gasteiger partial charge in [0.15, 0.2) is 5.96 Å². The third-order valence-corrected chi connectivity index (χ3v) is 3.99. The molecule has 3 N–H and O–H groups in total. The lowest BCUT2D eigenvalue weighted by Crippen LogP contribution is -2.44. The van der Waals surface area contributed by atoms with E-state index in [2.05, 4.69) is 39.9 Å². The summed E-state index contributed by atoms with van der Waals surface area (Å²) in [5.74, 6) is 0.777. The number of nitrogens with zero attached hydrogens (tertiary/aromatic N) is 3. The molecule has 7 heteroatoms. The molecule has 1 atom stereocenters. The van der Waals surface area contributed by atoms with Crippen LogP contribution in [0.15, 0.2) is 4.99 Å². The second-order valence-corrected chi connectivity index (χ2v) is 6.12. The zero-order valence-corrected chi connectivity index (χ0v) is 15.9. The summed E-state index contributed by atoms with van der Waals surface area (Å²) >= 11 is 0. The summed E-state index contributed by atoms with van der Waals surface area (Å²) in [4.78, 5) is 15.8. The number of aryl methyl sites for hydroxylation is 2. The van der Waals surface area contributed by atoms with Crippen LogP contribution in [0.2, 0.25) is 0 Å². The number of guanidine groups is 1. The van der Waals surface area contributed by atoms with E-state index in [1.165, 1.54) is 11.3 Å². The predicted molar refractivity (Wildman–Crippen MR) is 98.3 cm³/mol. The lowest BCUT2D eigenvalue weighted by atomic mass is 10.1. The van der Waals surface area contributed by atoms with Gasteiger partial charge in [-0.05, 0) is 39.2 Å². The fourth-order valence-corrected chi connectivity index (χ4v) is 2.55. The van der Waals surface area contributed by atoms with Gasteiger partial charge in [-0.25, -0.2) is 0 Å². The molecule has 24 heavy (non-hydrogen) atoms. The quantitative estimate of drug-likeness (QED) is 0.489. The maximum absolute atomic E-state index is 11.6. The van der Waals surface area contributed by atoms with Crippen LogP contribution in [-0.2, 0) is 18.3 Å². The van der Waals surface area contributed by atoms with E-state index in [9.17, 15) is 4.79 Å². The molecule has 1 heterocycles. The van der Waals surface area contributed by atoms with E-state index in [4.69, 9.17) is 0 Å². The molecule has 1 amide bonds. The molecule has 0 saturated carbocycles. The number of aliphatic imine (C=N–C) groups is 1. The number of rotatable bonds is 8. The minimum atomic E-state index is 0.0643. The molecule has 0 bridgehead atoms. The van der Waals surface area contributed by atoms with Crippen molar-refractivity contribution in [2.24, 2.45) is 12.0 Å². The van der Waals surface area contributed by atoms with Crippen molar-refractivity contribution in [1.29, 1.82) is 0 Å². The number of hydrogen-bond donors (Lipinski definition) is 3. The summed E-state index contributed by atoms with van der Waals surface area (Å²) in [5.41, 5.74) is 3.53. The van der Waals surface area contributed by atoms with Gasteiger partial charge < -0.3 is 16.0 Å². The topological polar surface area (TPSA) is 83.3 Å². The standard InChI is InChI=1S/C17H32N6O/c1-7-9-19-16(24)8-10-20-17(18-5)21-12(2)11-15-13(3)22-23(6)14(15)4/h12H,7-11H2,1-6H3,(H,19,24)(H2,18,20,21). The number of nitrogens with one attached hydrogen (secondary N) is 3.